The maximum atomic E-state index is 11.2. The highest BCUT2D eigenvalue weighted by atomic mass is 79.9. The second-order valence-corrected chi connectivity index (χ2v) is 5.87. The van der Waals surface area contributed by atoms with Crippen LogP contribution in [0.15, 0.2) is 27.3 Å². The van der Waals surface area contributed by atoms with E-state index in [1.165, 1.54) is 0 Å². The van der Waals surface area contributed by atoms with Crippen molar-refractivity contribution in [3.05, 3.63) is 28.4 Å². The number of halogens is 1. The first-order chi connectivity index (χ1) is 8.86. The molecule has 2 aromatic rings. The molecule has 5 heteroatoms. The van der Waals surface area contributed by atoms with Crippen LogP contribution in [0.25, 0.3) is 11.0 Å². The van der Waals surface area contributed by atoms with Gasteiger partial charge in [-0.05, 0) is 53.9 Å². The van der Waals surface area contributed by atoms with Crippen molar-refractivity contribution in [1.82, 2.24) is 0 Å². The minimum absolute atomic E-state index is 0.403. The molecule has 0 atom stereocenters. The van der Waals surface area contributed by atoms with Crippen LogP contribution >= 0.6 is 15.9 Å². The van der Waals surface area contributed by atoms with Crippen molar-refractivity contribution < 1.29 is 19.1 Å². The molecule has 0 saturated carbocycles. The summed E-state index contributed by atoms with van der Waals surface area (Å²) in [5, 5.41) is 10.1. The van der Waals surface area contributed by atoms with Crippen LogP contribution in [0.1, 0.15) is 19.4 Å². The summed E-state index contributed by atoms with van der Waals surface area (Å²) < 4.78 is 11.5. The lowest BCUT2D eigenvalue weighted by Crippen LogP contribution is -2.26. The molecule has 0 amide bonds. The van der Waals surface area contributed by atoms with Crippen LogP contribution in [0.4, 0.5) is 0 Å². The van der Waals surface area contributed by atoms with Crippen LogP contribution in [-0.4, -0.2) is 18.2 Å². The third-order valence-corrected chi connectivity index (χ3v) is 4.08. The standard InChI is InChI=1S/C14H15BrO4/c1-14(2,13(16)17)7-8-6-10(18-3)12-9(11(8)15)4-5-19-12/h4-6H,7H2,1-3H3,(H,16,17). The maximum Gasteiger partial charge on any atom is 0.309 e. The van der Waals surface area contributed by atoms with Gasteiger partial charge in [-0.2, -0.15) is 0 Å². The smallest absolute Gasteiger partial charge is 0.309 e. The Kier molecular flexibility index (Phi) is 3.58. The molecular weight excluding hydrogens is 312 g/mol. The summed E-state index contributed by atoms with van der Waals surface area (Å²) in [5.74, 6) is -0.218. The van der Waals surface area contributed by atoms with E-state index in [4.69, 9.17) is 9.15 Å². The minimum atomic E-state index is -0.842. The van der Waals surface area contributed by atoms with Gasteiger partial charge in [-0.25, -0.2) is 0 Å². The summed E-state index contributed by atoms with van der Waals surface area (Å²) in [7, 11) is 1.57. The molecule has 0 aliphatic heterocycles. The van der Waals surface area contributed by atoms with E-state index in [1.807, 2.05) is 12.1 Å². The Balaban J connectivity index is 2.55. The zero-order valence-corrected chi connectivity index (χ0v) is 12.6. The van der Waals surface area contributed by atoms with Crippen LogP contribution < -0.4 is 4.74 Å². The number of carboxylic acid groups (broad SMARTS) is 1. The number of methoxy groups -OCH3 is 1. The number of fused-ring (bicyclic) bond motifs is 1. The van der Waals surface area contributed by atoms with E-state index in [0.717, 1.165) is 15.4 Å². The Labute approximate surface area is 119 Å². The van der Waals surface area contributed by atoms with Gasteiger partial charge in [-0.3, -0.25) is 4.79 Å². The number of benzene rings is 1. The fourth-order valence-corrected chi connectivity index (χ4v) is 2.53. The van der Waals surface area contributed by atoms with Crippen molar-refractivity contribution in [2.45, 2.75) is 20.3 Å². The molecule has 1 aromatic carbocycles. The summed E-state index contributed by atoms with van der Waals surface area (Å²) in [4.78, 5) is 11.2. The van der Waals surface area contributed by atoms with Gasteiger partial charge in [-0.1, -0.05) is 0 Å². The van der Waals surface area contributed by atoms with Crippen molar-refractivity contribution in [3.63, 3.8) is 0 Å². The first kappa shape index (κ1) is 13.9. The Morgan fingerprint density at radius 2 is 2.21 bits per heavy atom. The van der Waals surface area contributed by atoms with Crippen LogP contribution in [0, 0.1) is 5.41 Å². The molecule has 1 N–H and O–H groups in total. The average Bonchev–Trinajstić information content (AvgIpc) is 2.81. The number of carboxylic acids is 1. The van der Waals surface area contributed by atoms with Crippen molar-refractivity contribution >= 4 is 32.9 Å². The molecule has 0 saturated heterocycles. The van der Waals surface area contributed by atoms with E-state index in [-0.39, 0.29) is 0 Å². The fourth-order valence-electron chi connectivity index (χ4n) is 1.97. The van der Waals surface area contributed by atoms with Gasteiger partial charge in [0.15, 0.2) is 11.3 Å². The monoisotopic (exact) mass is 326 g/mol. The molecular formula is C14H15BrO4. The lowest BCUT2D eigenvalue weighted by molar-refractivity contribution is -0.146. The van der Waals surface area contributed by atoms with E-state index >= 15 is 0 Å². The molecule has 4 nitrogen and oxygen atoms in total. The second-order valence-electron chi connectivity index (χ2n) is 5.08. The summed E-state index contributed by atoms with van der Waals surface area (Å²) in [6, 6.07) is 3.65. The van der Waals surface area contributed by atoms with Gasteiger partial charge in [0.05, 0.1) is 18.8 Å². The molecule has 0 fully saturated rings. The average molecular weight is 327 g/mol. The predicted octanol–water partition coefficient (Wildman–Crippen LogP) is 3.86. The summed E-state index contributed by atoms with van der Waals surface area (Å²) in [6.45, 7) is 3.40. The number of furan rings is 1. The molecule has 102 valence electrons. The van der Waals surface area contributed by atoms with Crippen LogP contribution in [0.3, 0.4) is 0 Å². The third kappa shape index (κ3) is 2.47. The number of hydrogen-bond donors (Lipinski definition) is 1. The number of rotatable bonds is 4. The maximum absolute atomic E-state index is 11.2. The SMILES string of the molecule is COc1cc(CC(C)(C)C(=O)O)c(Br)c2ccoc12. The molecule has 0 aliphatic rings. The highest BCUT2D eigenvalue weighted by molar-refractivity contribution is 9.10. The molecule has 0 aliphatic carbocycles. The first-order valence-electron chi connectivity index (χ1n) is 5.83. The predicted molar refractivity (Wildman–Crippen MR) is 75.6 cm³/mol. The largest absolute Gasteiger partial charge is 0.493 e. The topological polar surface area (TPSA) is 59.7 Å². The number of hydrogen-bond acceptors (Lipinski definition) is 3. The quantitative estimate of drug-likeness (QED) is 0.926. The molecule has 1 heterocycles. The number of ether oxygens (including phenoxy) is 1. The van der Waals surface area contributed by atoms with Crippen LogP contribution in [-0.2, 0) is 11.2 Å². The normalized spacial score (nSPS) is 11.8. The Hall–Kier alpha value is -1.49. The van der Waals surface area contributed by atoms with E-state index < -0.39 is 11.4 Å². The molecule has 1 aromatic heterocycles. The molecule has 0 bridgehead atoms. The molecule has 0 unspecified atom stereocenters. The Morgan fingerprint density at radius 3 is 2.79 bits per heavy atom. The van der Waals surface area contributed by atoms with Crippen LogP contribution in [0.5, 0.6) is 5.75 Å². The highest BCUT2D eigenvalue weighted by Gasteiger charge is 2.29. The molecule has 2 rings (SSSR count). The zero-order chi connectivity index (χ0) is 14.2. The lowest BCUT2D eigenvalue weighted by Gasteiger charge is -2.20. The third-order valence-electron chi connectivity index (χ3n) is 3.14. The van der Waals surface area contributed by atoms with Gasteiger partial charge in [0.1, 0.15) is 0 Å². The van der Waals surface area contributed by atoms with Crippen LogP contribution in [0.2, 0.25) is 0 Å². The summed E-state index contributed by atoms with van der Waals surface area (Å²) >= 11 is 3.52. The van der Waals surface area contributed by atoms with E-state index in [2.05, 4.69) is 15.9 Å². The van der Waals surface area contributed by atoms with Gasteiger partial charge >= 0.3 is 5.97 Å². The first-order valence-corrected chi connectivity index (χ1v) is 6.62. The number of aliphatic carboxylic acids is 1. The van der Waals surface area contributed by atoms with Gasteiger partial charge in [0, 0.05) is 9.86 Å². The summed E-state index contributed by atoms with van der Waals surface area (Å²) in [5.41, 5.74) is 0.703. The lowest BCUT2D eigenvalue weighted by atomic mass is 9.85. The minimum Gasteiger partial charge on any atom is -0.493 e. The molecule has 19 heavy (non-hydrogen) atoms. The second kappa shape index (κ2) is 4.89. The number of carbonyl (C=O) groups is 1. The van der Waals surface area contributed by atoms with Gasteiger partial charge in [0.25, 0.3) is 0 Å². The van der Waals surface area contributed by atoms with E-state index in [0.29, 0.717) is 17.8 Å². The Bertz CT molecular complexity index is 628. The van der Waals surface area contributed by atoms with Gasteiger partial charge in [-0.15, -0.1) is 0 Å². The zero-order valence-electron chi connectivity index (χ0n) is 11.0. The van der Waals surface area contributed by atoms with Crippen molar-refractivity contribution in [3.8, 4) is 5.75 Å². The van der Waals surface area contributed by atoms with Gasteiger partial charge < -0.3 is 14.3 Å². The van der Waals surface area contributed by atoms with E-state index in [9.17, 15) is 9.90 Å². The van der Waals surface area contributed by atoms with Crippen molar-refractivity contribution in [2.75, 3.05) is 7.11 Å². The highest BCUT2D eigenvalue weighted by Crippen LogP contribution is 2.38. The summed E-state index contributed by atoms with van der Waals surface area (Å²) in [6.07, 6.45) is 1.99. The van der Waals surface area contributed by atoms with Crippen molar-refractivity contribution in [1.29, 1.82) is 0 Å². The van der Waals surface area contributed by atoms with Crippen molar-refractivity contribution in [2.24, 2.45) is 5.41 Å². The Morgan fingerprint density at radius 1 is 1.53 bits per heavy atom. The van der Waals surface area contributed by atoms with Gasteiger partial charge in [0.2, 0.25) is 0 Å². The van der Waals surface area contributed by atoms with E-state index in [1.54, 1.807) is 27.2 Å². The molecule has 0 spiro atoms. The fraction of sp³-hybridized carbons (Fsp3) is 0.357. The molecule has 0 radical (unpaired) electrons.